The number of ether oxygens (including phenoxy) is 1. The van der Waals surface area contributed by atoms with Crippen molar-refractivity contribution in [2.45, 2.75) is 37.5 Å². The van der Waals surface area contributed by atoms with Crippen molar-refractivity contribution in [2.75, 3.05) is 39.0 Å². The van der Waals surface area contributed by atoms with Gasteiger partial charge in [-0.3, -0.25) is 0 Å². The molecule has 0 aromatic heterocycles. The van der Waals surface area contributed by atoms with Crippen molar-refractivity contribution >= 4 is 11.7 Å². The molecule has 2 unspecified atom stereocenters. The van der Waals surface area contributed by atoms with Crippen LogP contribution in [-0.4, -0.2) is 50.8 Å². The summed E-state index contributed by atoms with van der Waals surface area (Å²) < 4.78 is 33.3. The van der Waals surface area contributed by atoms with Crippen molar-refractivity contribution in [2.24, 2.45) is 5.92 Å². The molecule has 0 bridgehead atoms. The highest BCUT2D eigenvalue weighted by molar-refractivity contribution is 5.73. The molecule has 33 heavy (non-hydrogen) atoms. The van der Waals surface area contributed by atoms with E-state index in [1.54, 1.807) is 12.1 Å². The highest BCUT2D eigenvalue weighted by atomic mass is 19.3. The first-order valence-electron chi connectivity index (χ1n) is 11.5. The minimum Gasteiger partial charge on any atom is -0.378 e. The van der Waals surface area contributed by atoms with Gasteiger partial charge in [0.05, 0.1) is 18.2 Å². The largest absolute Gasteiger partial charge is 0.378 e. The van der Waals surface area contributed by atoms with Crippen LogP contribution in [0.2, 0.25) is 0 Å². The number of carbonyl (C=O) groups is 1. The number of fused-ring (bicyclic) bond motifs is 3. The lowest BCUT2D eigenvalue weighted by atomic mass is 9.76. The second-order valence-electron chi connectivity index (χ2n) is 9.04. The van der Waals surface area contributed by atoms with Crippen LogP contribution >= 0.6 is 0 Å². The van der Waals surface area contributed by atoms with E-state index in [1.165, 1.54) is 6.07 Å². The number of amides is 2. The van der Waals surface area contributed by atoms with Gasteiger partial charge in [0.1, 0.15) is 0 Å². The number of likely N-dealkylation sites (N-methyl/N-ethyl adjacent to an activating group) is 1. The fourth-order valence-corrected chi connectivity index (χ4v) is 4.71. The van der Waals surface area contributed by atoms with Crippen molar-refractivity contribution in [3.05, 3.63) is 65.2 Å². The standard InChI is InChI=1S/C25H32F2N4O2/c1-31(2)13-12-28-25(32)29-15-18-9-10-19-22(16-6-4-3-5-7-16)30-21-11-8-17(24(26)27)14-20(21)23(19)33-18/h3-8,11,14,18-19,22-24,30H,9-10,12-13,15H2,1-2H3,(H2,28,29,32)/t18?,19-,22-,23?/m0/s1. The number of hydrogen-bond acceptors (Lipinski definition) is 4. The number of hydrogen-bond donors (Lipinski definition) is 3. The van der Waals surface area contributed by atoms with Gasteiger partial charge in [0.2, 0.25) is 0 Å². The number of benzene rings is 2. The molecule has 4 rings (SSSR count). The molecule has 4 atom stereocenters. The summed E-state index contributed by atoms with van der Waals surface area (Å²) in [5.41, 5.74) is 2.74. The van der Waals surface area contributed by atoms with E-state index in [4.69, 9.17) is 4.74 Å². The smallest absolute Gasteiger partial charge is 0.314 e. The van der Waals surface area contributed by atoms with Crippen molar-refractivity contribution < 1.29 is 18.3 Å². The SMILES string of the molecule is CN(C)CCNC(=O)NCC1CC[C@@H]2C(O1)c1cc(C(F)F)ccc1N[C@H]2c1ccccc1. The Bertz CT molecular complexity index is 941. The molecule has 2 amide bonds. The van der Waals surface area contributed by atoms with Gasteiger partial charge in [-0.1, -0.05) is 36.4 Å². The van der Waals surface area contributed by atoms with Crippen LogP contribution in [0.25, 0.3) is 0 Å². The average Bonchev–Trinajstić information content (AvgIpc) is 2.82. The summed E-state index contributed by atoms with van der Waals surface area (Å²) in [4.78, 5) is 14.1. The van der Waals surface area contributed by atoms with Crippen LogP contribution in [-0.2, 0) is 4.74 Å². The van der Waals surface area contributed by atoms with Gasteiger partial charge in [-0.2, -0.15) is 0 Å². The zero-order valence-corrected chi connectivity index (χ0v) is 19.1. The molecule has 2 aromatic rings. The number of carbonyl (C=O) groups excluding carboxylic acids is 1. The molecule has 0 aliphatic carbocycles. The lowest BCUT2D eigenvalue weighted by Crippen LogP contribution is -2.46. The Morgan fingerprint density at radius 2 is 1.94 bits per heavy atom. The zero-order chi connectivity index (χ0) is 23.4. The molecular formula is C25H32F2N4O2. The Kier molecular flexibility index (Phi) is 7.45. The molecule has 8 heteroatoms. The maximum Gasteiger partial charge on any atom is 0.314 e. The summed E-state index contributed by atoms with van der Waals surface area (Å²) in [7, 11) is 3.90. The lowest BCUT2D eigenvalue weighted by molar-refractivity contribution is -0.0907. The van der Waals surface area contributed by atoms with Crippen LogP contribution in [0.4, 0.5) is 19.3 Å². The van der Waals surface area contributed by atoms with E-state index < -0.39 is 6.43 Å². The molecule has 1 saturated heterocycles. The number of alkyl halides is 2. The number of anilines is 1. The van der Waals surface area contributed by atoms with E-state index >= 15 is 0 Å². The second kappa shape index (κ2) is 10.5. The Labute approximate surface area is 193 Å². The van der Waals surface area contributed by atoms with E-state index in [0.717, 1.165) is 36.2 Å². The number of rotatable bonds is 7. The third-order valence-corrected chi connectivity index (χ3v) is 6.42. The van der Waals surface area contributed by atoms with Crippen LogP contribution in [0.15, 0.2) is 48.5 Å². The van der Waals surface area contributed by atoms with Gasteiger partial charge in [-0.05, 0) is 44.6 Å². The summed E-state index contributed by atoms with van der Waals surface area (Å²) in [6.45, 7) is 1.70. The topological polar surface area (TPSA) is 65.6 Å². The predicted octanol–water partition coefficient (Wildman–Crippen LogP) is 4.49. The number of nitrogens with one attached hydrogen (secondary N) is 3. The van der Waals surface area contributed by atoms with Crippen LogP contribution in [0.1, 0.15) is 48.1 Å². The van der Waals surface area contributed by atoms with Crippen LogP contribution in [0.5, 0.6) is 0 Å². The van der Waals surface area contributed by atoms with E-state index in [9.17, 15) is 13.6 Å². The van der Waals surface area contributed by atoms with Crippen LogP contribution in [0.3, 0.4) is 0 Å². The van der Waals surface area contributed by atoms with Crippen LogP contribution in [0, 0.1) is 5.92 Å². The van der Waals surface area contributed by atoms with Gasteiger partial charge >= 0.3 is 6.03 Å². The van der Waals surface area contributed by atoms with Crippen molar-refractivity contribution in [1.82, 2.24) is 15.5 Å². The first-order valence-corrected chi connectivity index (χ1v) is 11.5. The zero-order valence-electron chi connectivity index (χ0n) is 19.1. The molecule has 1 fully saturated rings. The van der Waals surface area contributed by atoms with Crippen molar-refractivity contribution in [3.63, 3.8) is 0 Å². The summed E-state index contributed by atoms with van der Waals surface area (Å²) >= 11 is 0. The van der Waals surface area contributed by atoms with Gasteiger partial charge in [-0.15, -0.1) is 0 Å². The minimum atomic E-state index is -2.53. The summed E-state index contributed by atoms with van der Waals surface area (Å²) in [5.74, 6) is 0.109. The highest BCUT2D eigenvalue weighted by Gasteiger charge is 2.42. The molecule has 2 aliphatic heterocycles. The van der Waals surface area contributed by atoms with E-state index in [1.807, 2.05) is 37.2 Å². The Morgan fingerprint density at radius 1 is 1.15 bits per heavy atom. The van der Waals surface area contributed by atoms with Gasteiger partial charge in [-0.25, -0.2) is 13.6 Å². The second-order valence-corrected chi connectivity index (χ2v) is 9.04. The molecular weight excluding hydrogens is 426 g/mol. The predicted molar refractivity (Wildman–Crippen MR) is 124 cm³/mol. The molecule has 6 nitrogen and oxygen atoms in total. The molecule has 2 heterocycles. The van der Waals surface area contributed by atoms with Gasteiger partial charge < -0.3 is 25.6 Å². The van der Waals surface area contributed by atoms with E-state index in [-0.39, 0.29) is 35.8 Å². The maximum absolute atomic E-state index is 13.4. The summed E-state index contributed by atoms with van der Waals surface area (Å²) in [5, 5.41) is 9.29. The maximum atomic E-state index is 13.4. The Morgan fingerprint density at radius 3 is 2.67 bits per heavy atom. The number of nitrogens with zero attached hydrogens (tertiary/aromatic N) is 1. The highest BCUT2D eigenvalue weighted by Crippen LogP contribution is 2.50. The van der Waals surface area contributed by atoms with E-state index in [2.05, 4.69) is 28.1 Å². The fourth-order valence-electron chi connectivity index (χ4n) is 4.71. The third-order valence-electron chi connectivity index (χ3n) is 6.42. The normalized spacial score (nSPS) is 24.1. The average molecular weight is 459 g/mol. The molecule has 178 valence electrons. The quantitative estimate of drug-likeness (QED) is 0.572. The number of halogens is 2. The first-order chi connectivity index (χ1) is 15.9. The monoisotopic (exact) mass is 458 g/mol. The number of urea groups is 1. The van der Waals surface area contributed by atoms with Gasteiger partial charge in [0.25, 0.3) is 6.43 Å². The molecule has 0 saturated carbocycles. The summed E-state index contributed by atoms with van der Waals surface area (Å²) in [6.07, 6.45) is -1.38. The first kappa shape index (κ1) is 23.4. The van der Waals surface area contributed by atoms with Crippen molar-refractivity contribution in [3.8, 4) is 0 Å². The van der Waals surface area contributed by atoms with Gasteiger partial charge in [0, 0.05) is 42.4 Å². The summed E-state index contributed by atoms with van der Waals surface area (Å²) in [6, 6.07) is 14.7. The molecule has 3 N–H and O–H groups in total. The molecule has 0 radical (unpaired) electrons. The molecule has 0 spiro atoms. The van der Waals surface area contributed by atoms with Crippen molar-refractivity contribution in [1.29, 1.82) is 0 Å². The van der Waals surface area contributed by atoms with E-state index in [0.29, 0.717) is 13.1 Å². The minimum absolute atomic E-state index is 0.00317. The Balaban J connectivity index is 1.49. The fraction of sp³-hybridized carbons (Fsp3) is 0.480. The van der Waals surface area contributed by atoms with Gasteiger partial charge in [0.15, 0.2) is 0 Å². The molecule has 2 aliphatic rings. The lowest BCUT2D eigenvalue weighted by Gasteiger charge is -2.46. The third kappa shape index (κ3) is 5.62. The Hall–Kier alpha value is -2.71. The van der Waals surface area contributed by atoms with Crippen LogP contribution < -0.4 is 16.0 Å². The molecule has 2 aromatic carbocycles.